The van der Waals surface area contributed by atoms with E-state index in [9.17, 15) is 0 Å². The van der Waals surface area contributed by atoms with E-state index >= 15 is 0 Å². The summed E-state index contributed by atoms with van der Waals surface area (Å²) < 4.78 is 11.1. The molecule has 4 aromatic heterocycles. The normalized spacial score (nSPS) is 13.6. The Hall–Kier alpha value is -6.92. The predicted molar refractivity (Wildman–Crippen MR) is 216 cm³/mol. The Labute approximate surface area is 305 Å². The van der Waals surface area contributed by atoms with Crippen molar-refractivity contribution in [3.05, 3.63) is 175 Å². The molecule has 11 rings (SSSR count). The van der Waals surface area contributed by atoms with E-state index in [-0.39, 0.29) is 5.41 Å². The Morgan fingerprint density at radius 1 is 0.547 bits per heavy atom. The van der Waals surface area contributed by atoms with E-state index in [4.69, 9.17) is 14.7 Å². The SMILES string of the molecule is CC1(C)c2ccccc2N(c2ccccc2)c2c1ccc1c2c2ccc(Oc3ccc4c5ccccc5n5ccnc5c4c3)cc2n1-c1ccccn1. The minimum Gasteiger partial charge on any atom is -0.457 e. The molecule has 0 saturated heterocycles. The standard InChI is InChI=1S/C47H33N5O/c1-47(2)37-15-7-9-17-40(37)51(30-12-4-3-5-13-30)45-38(47)23-24-41-44(45)35-22-20-32(29-42(35)52(41)43-18-10-11-25-48-43)53-31-19-21-33-34-14-6-8-16-39(34)50-27-26-49-46(50)36(33)28-31/h3-29H,1-2H3. The third-order valence-electron chi connectivity index (χ3n) is 11.0. The van der Waals surface area contributed by atoms with Gasteiger partial charge in [0, 0.05) is 57.3 Å². The first-order valence-electron chi connectivity index (χ1n) is 18.0. The van der Waals surface area contributed by atoms with Crippen molar-refractivity contribution in [1.82, 2.24) is 18.9 Å². The smallest absolute Gasteiger partial charge is 0.145 e. The highest BCUT2D eigenvalue weighted by atomic mass is 16.5. The number of ether oxygens (including phenoxy) is 1. The molecule has 0 saturated carbocycles. The lowest BCUT2D eigenvalue weighted by Gasteiger charge is -2.42. The first-order chi connectivity index (χ1) is 26.1. The topological polar surface area (TPSA) is 47.6 Å². The molecule has 6 nitrogen and oxygen atoms in total. The number of imidazole rings is 1. The van der Waals surface area contributed by atoms with Crippen LogP contribution in [0.15, 0.2) is 164 Å². The second-order valence-corrected chi connectivity index (χ2v) is 14.3. The van der Waals surface area contributed by atoms with E-state index < -0.39 is 0 Å². The van der Waals surface area contributed by atoms with Gasteiger partial charge in [-0.25, -0.2) is 9.97 Å². The predicted octanol–water partition coefficient (Wildman–Crippen LogP) is 12.0. The molecule has 6 heteroatoms. The van der Waals surface area contributed by atoms with Gasteiger partial charge in [0.1, 0.15) is 23.0 Å². The minimum atomic E-state index is -0.227. The number of pyridine rings is 2. The zero-order valence-corrected chi connectivity index (χ0v) is 29.2. The summed E-state index contributed by atoms with van der Waals surface area (Å²) in [6.07, 6.45) is 5.74. The largest absolute Gasteiger partial charge is 0.457 e. The molecular formula is C47H33N5O. The summed E-state index contributed by atoms with van der Waals surface area (Å²) in [6.45, 7) is 4.68. The summed E-state index contributed by atoms with van der Waals surface area (Å²) >= 11 is 0. The fourth-order valence-electron chi connectivity index (χ4n) is 8.66. The molecule has 53 heavy (non-hydrogen) atoms. The molecule has 6 aromatic carbocycles. The maximum atomic E-state index is 6.72. The third kappa shape index (κ3) is 4.26. The molecule has 0 N–H and O–H groups in total. The van der Waals surface area contributed by atoms with Gasteiger partial charge in [-0.1, -0.05) is 80.6 Å². The van der Waals surface area contributed by atoms with Crippen LogP contribution in [-0.4, -0.2) is 18.9 Å². The van der Waals surface area contributed by atoms with Crippen molar-refractivity contribution in [3.63, 3.8) is 0 Å². The van der Waals surface area contributed by atoms with Gasteiger partial charge in [0.2, 0.25) is 0 Å². The van der Waals surface area contributed by atoms with Gasteiger partial charge in [0.25, 0.3) is 0 Å². The van der Waals surface area contributed by atoms with Crippen molar-refractivity contribution in [3.8, 4) is 17.3 Å². The number of aromatic nitrogens is 4. The molecule has 0 unspecified atom stereocenters. The molecule has 0 fully saturated rings. The Morgan fingerprint density at radius 2 is 1.32 bits per heavy atom. The van der Waals surface area contributed by atoms with Crippen molar-refractivity contribution in [2.24, 2.45) is 0 Å². The molecule has 10 aromatic rings. The highest BCUT2D eigenvalue weighted by molar-refractivity contribution is 6.18. The van der Waals surface area contributed by atoms with Crippen LogP contribution in [0.4, 0.5) is 17.1 Å². The van der Waals surface area contributed by atoms with Crippen molar-refractivity contribution in [1.29, 1.82) is 0 Å². The number of benzene rings is 6. The average Bonchev–Trinajstić information content (AvgIpc) is 3.83. The van der Waals surface area contributed by atoms with E-state index in [1.807, 2.05) is 30.7 Å². The zero-order chi connectivity index (χ0) is 35.3. The van der Waals surface area contributed by atoms with Crippen LogP contribution >= 0.6 is 0 Å². The summed E-state index contributed by atoms with van der Waals surface area (Å²) in [5, 5.41) is 5.69. The number of hydrogen-bond donors (Lipinski definition) is 0. The van der Waals surface area contributed by atoms with E-state index in [0.717, 1.165) is 61.4 Å². The van der Waals surface area contributed by atoms with Crippen molar-refractivity contribution < 1.29 is 4.74 Å². The van der Waals surface area contributed by atoms with E-state index in [0.29, 0.717) is 0 Å². The van der Waals surface area contributed by atoms with Crippen LogP contribution in [0.5, 0.6) is 11.5 Å². The summed E-state index contributed by atoms with van der Waals surface area (Å²) in [4.78, 5) is 12.1. The number of fused-ring (bicyclic) bond motifs is 12. The van der Waals surface area contributed by atoms with Gasteiger partial charge < -0.3 is 9.64 Å². The lowest BCUT2D eigenvalue weighted by molar-refractivity contribution is 0.484. The molecule has 0 amide bonds. The zero-order valence-electron chi connectivity index (χ0n) is 29.2. The molecule has 0 aliphatic carbocycles. The van der Waals surface area contributed by atoms with Crippen LogP contribution in [0.3, 0.4) is 0 Å². The van der Waals surface area contributed by atoms with E-state index in [2.05, 4.69) is 161 Å². The van der Waals surface area contributed by atoms with E-state index in [1.165, 1.54) is 33.3 Å². The number of anilines is 3. The van der Waals surface area contributed by atoms with Gasteiger partial charge in [0.15, 0.2) is 0 Å². The van der Waals surface area contributed by atoms with Crippen LogP contribution in [0.1, 0.15) is 25.0 Å². The Balaban J connectivity index is 1.15. The second-order valence-electron chi connectivity index (χ2n) is 14.3. The van der Waals surface area contributed by atoms with Crippen LogP contribution in [0.2, 0.25) is 0 Å². The molecule has 0 bridgehead atoms. The molecule has 1 aliphatic rings. The number of hydrogen-bond acceptors (Lipinski definition) is 4. The first kappa shape index (κ1) is 29.8. The van der Waals surface area contributed by atoms with Crippen molar-refractivity contribution in [2.45, 2.75) is 19.3 Å². The molecule has 5 heterocycles. The van der Waals surface area contributed by atoms with Gasteiger partial charge >= 0.3 is 0 Å². The fraction of sp³-hybridized carbons (Fsp3) is 0.0638. The van der Waals surface area contributed by atoms with Gasteiger partial charge in [-0.3, -0.25) is 8.97 Å². The van der Waals surface area contributed by atoms with Gasteiger partial charge in [-0.2, -0.15) is 0 Å². The van der Waals surface area contributed by atoms with Gasteiger partial charge in [-0.05, 0) is 89.3 Å². The molecular weight excluding hydrogens is 651 g/mol. The maximum Gasteiger partial charge on any atom is 0.145 e. The monoisotopic (exact) mass is 683 g/mol. The lowest BCUT2D eigenvalue weighted by Crippen LogP contribution is -2.30. The Bertz CT molecular complexity index is 3070. The molecule has 0 atom stereocenters. The summed E-state index contributed by atoms with van der Waals surface area (Å²) in [7, 11) is 0. The van der Waals surface area contributed by atoms with E-state index in [1.54, 1.807) is 0 Å². The summed E-state index contributed by atoms with van der Waals surface area (Å²) in [6, 6.07) is 51.4. The molecule has 252 valence electrons. The second kappa shape index (κ2) is 11.0. The summed E-state index contributed by atoms with van der Waals surface area (Å²) in [5.74, 6) is 2.35. The van der Waals surface area contributed by atoms with Gasteiger partial charge in [0.05, 0.1) is 27.9 Å². The van der Waals surface area contributed by atoms with Crippen LogP contribution < -0.4 is 9.64 Å². The van der Waals surface area contributed by atoms with Crippen molar-refractivity contribution >= 4 is 66.2 Å². The van der Waals surface area contributed by atoms with Crippen LogP contribution in [0.25, 0.3) is 54.9 Å². The van der Waals surface area contributed by atoms with Crippen LogP contribution in [-0.2, 0) is 5.41 Å². The third-order valence-corrected chi connectivity index (χ3v) is 11.0. The first-order valence-corrected chi connectivity index (χ1v) is 18.0. The Kier molecular flexibility index (Phi) is 6.20. The van der Waals surface area contributed by atoms with Crippen molar-refractivity contribution in [2.75, 3.05) is 4.90 Å². The number of rotatable bonds is 4. The van der Waals surface area contributed by atoms with Gasteiger partial charge in [-0.15, -0.1) is 0 Å². The molecule has 1 aliphatic heterocycles. The highest BCUT2D eigenvalue weighted by Gasteiger charge is 2.39. The average molecular weight is 684 g/mol. The quantitative estimate of drug-likeness (QED) is 0.173. The highest BCUT2D eigenvalue weighted by Crippen LogP contribution is 2.55. The Morgan fingerprint density at radius 3 is 2.19 bits per heavy atom. The minimum absolute atomic E-state index is 0.227. The number of nitrogens with zero attached hydrogens (tertiary/aromatic N) is 5. The fourth-order valence-corrected chi connectivity index (χ4v) is 8.66. The molecule has 0 radical (unpaired) electrons. The van der Waals surface area contributed by atoms with Crippen LogP contribution in [0, 0.1) is 0 Å². The number of para-hydroxylation sites is 3. The lowest BCUT2D eigenvalue weighted by atomic mass is 9.73. The molecule has 0 spiro atoms. The summed E-state index contributed by atoms with van der Waals surface area (Å²) in [5.41, 5.74) is 10.0. The maximum absolute atomic E-state index is 6.72.